The number of H-pyrrole nitrogens is 1. The fourth-order valence-corrected chi connectivity index (χ4v) is 1.43. The summed E-state index contributed by atoms with van der Waals surface area (Å²) in [7, 11) is 1.63. The summed E-state index contributed by atoms with van der Waals surface area (Å²) in [5.41, 5.74) is 1.33. The number of hydrogen-bond acceptors (Lipinski definition) is 2. The second kappa shape index (κ2) is 2.73. The topological polar surface area (TPSA) is 44.9 Å². The first-order valence-corrected chi connectivity index (χ1v) is 4.02. The SMILES string of the molecule is CNc1cc2c([nH]c1=O)CC=C2F. The van der Waals surface area contributed by atoms with Crippen LogP contribution in [-0.2, 0) is 6.42 Å². The van der Waals surface area contributed by atoms with Gasteiger partial charge in [0.05, 0.1) is 0 Å². The second-order valence-corrected chi connectivity index (χ2v) is 2.91. The number of allylic oxidation sites excluding steroid dienone is 1. The molecule has 13 heavy (non-hydrogen) atoms. The van der Waals surface area contributed by atoms with Crippen LogP contribution in [0.2, 0.25) is 0 Å². The number of nitrogens with one attached hydrogen (secondary N) is 2. The normalized spacial score (nSPS) is 13.8. The fourth-order valence-electron chi connectivity index (χ4n) is 1.43. The molecule has 4 heteroatoms. The van der Waals surface area contributed by atoms with Gasteiger partial charge in [0.15, 0.2) is 0 Å². The highest BCUT2D eigenvalue weighted by atomic mass is 19.1. The van der Waals surface area contributed by atoms with Crippen LogP contribution in [0.1, 0.15) is 11.3 Å². The molecule has 0 spiro atoms. The first-order chi connectivity index (χ1) is 6.22. The molecule has 0 saturated heterocycles. The molecule has 0 amide bonds. The Morgan fingerprint density at radius 1 is 1.62 bits per heavy atom. The Balaban J connectivity index is 2.63. The molecule has 0 fully saturated rings. The summed E-state index contributed by atoms with van der Waals surface area (Å²) in [5.74, 6) is -0.261. The largest absolute Gasteiger partial charge is 0.384 e. The minimum Gasteiger partial charge on any atom is -0.384 e. The Bertz CT molecular complexity index is 434. The van der Waals surface area contributed by atoms with Gasteiger partial charge in [0.2, 0.25) is 0 Å². The van der Waals surface area contributed by atoms with Crippen molar-refractivity contribution in [3.63, 3.8) is 0 Å². The molecule has 1 aromatic heterocycles. The standard InChI is InChI=1S/C9H9FN2O/c1-11-8-4-5-6(10)2-3-7(5)12-9(8)13/h2,4,11H,3H2,1H3,(H,12,13). The Labute approximate surface area is 74.3 Å². The number of pyridine rings is 1. The third-order valence-electron chi connectivity index (χ3n) is 2.13. The van der Waals surface area contributed by atoms with Crippen LogP contribution in [-0.4, -0.2) is 12.0 Å². The van der Waals surface area contributed by atoms with Crippen LogP contribution in [0.25, 0.3) is 5.83 Å². The van der Waals surface area contributed by atoms with Crippen molar-refractivity contribution in [1.29, 1.82) is 0 Å². The predicted octanol–water partition coefficient (Wildman–Crippen LogP) is 1.28. The molecule has 0 saturated carbocycles. The van der Waals surface area contributed by atoms with E-state index in [4.69, 9.17) is 0 Å². The monoisotopic (exact) mass is 180 g/mol. The Morgan fingerprint density at radius 2 is 2.38 bits per heavy atom. The maximum atomic E-state index is 13.1. The van der Waals surface area contributed by atoms with Crippen molar-refractivity contribution in [3.05, 3.63) is 33.8 Å². The number of anilines is 1. The van der Waals surface area contributed by atoms with E-state index in [1.807, 2.05) is 0 Å². The van der Waals surface area contributed by atoms with E-state index in [0.29, 0.717) is 23.4 Å². The highest BCUT2D eigenvalue weighted by Gasteiger charge is 2.16. The lowest BCUT2D eigenvalue weighted by atomic mass is 10.2. The quantitative estimate of drug-likeness (QED) is 0.683. The van der Waals surface area contributed by atoms with Crippen molar-refractivity contribution in [2.75, 3.05) is 12.4 Å². The van der Waals surface area contributed by atoms with Gasteiger partial charge in [0.1, 0.15) is 11.5 Å². The molecule has 1 heterocycles. The minimum atomic E-state index is -0.261. The van der Waals surface area contributed by atoms with Crippen LogP contribution in [0.4, 0.5) is 10.1 Å². The first-order valence-electron chi connectivity index (χ1n) is 4.02. The molecule has 1 aromatic rings. The van der Waals surface area contributed by atoms with E-state index in [9.17, 15) is 9.18 Å². The van der Waals surface area contributed by atoms with Crippen LogP contribution in [0.15, 0.2) is 16.9 Å². The zero-order valence-corrected chi connectivity index (χ0v) is 7.15. The highest BCUT2D eigenvalue weighted by Crippen LogP contribution is 2.26. The van der Waals surface area contributed by atoms with Crippen LogP contribution < -0.4 is 10.9 Å². The summed E-state index contributed by atoms with van der Waals surface area (Å²) in [6, 6.07) is 1.53. The van der Waals surface area contributed by atoms with Crippen molar-refractivity contribution in [2.24, 2.45) is 0 Å². The number of fused-ring (bicyclic) bond motifs is 1. The Kier molecular flexibility index (Phi) is 1.69. The molecule has 0 aromatic carbocycles. The van der Waals surface area contributed by atoms with Crippen molar-refractivity contribution < 1.29 is 4.39 Å². The molecule has 2 N–H and O–H groups in total. The van der Waals surface area contributed by atoms with Gasteiger partial charge in [-0.25, -0.2) is 4.39 Å². The number of halogens is 1. The summed E-state index contributed by atoms with van der Waals surface area (Å²) in [4.78, 5) is 13.9. The van der Waals surface area contributed by atoms with Gasteiger partial charge >= 0.3 is 0 Å². The maximum Gasteiger partial charge on any atom is 0.271 e. The molecule has 0 unspecified atom stereocenters. The van der Waals surface area contributed by atoms with E-state index in [2.05, 4.69) is 10.3 Å². The molecule has 0 bridgehead atoms. The lowest BCUT2D eigenvalue weighted by Gasteiger charge is -2.02. The number of hydrogen-bond donors (Lipinski definition) is 2. The first kappa shape index (κ1) is 8.04. The fraction of sp³-hybridized carbons (Fsp3) is 0.222. The number of rotatable bonds is 1. The van der Waals surface area contributed by atoms with Gasteiger partial charge in [0, 0.05) is 24.7 Å². The summed E-state index contributed by atoms with van der Waals surface area (Å²) < 4.78 is 13.1. The summed E-state index contributed by atoms with van der Waals surface area (Å²) in [5, 5.41) is 2.71. The molecular weight excluding hydrogens is 171 g/mol. The van der Waals surface area contributed by atoms with Gasteiger partial charge < -0.3 is 10.3 Å². The van der Waals surface area contributed by atoms with E-state index >= 15 is 0 Å². The molecular formula is C9H9FN2O. The summed E-state index contributed by atoms with van der Waals surface area (Å²) in [6.07, 6.45) is 1.93. The van der Waals surface area contributed by atoms with Crippen LogP contribution in [0.5, 0.6) is 0 Å². The van der Waals surface area contributed by atoms with Crippen molar-refractivity contribution >= 4 is 11.5 Å². The summed E-state index contributed by atoms with van der Waals surface area (Å²) in [6.45, 7) is 0. The molecule has 0 atom stereocenters. The minimum absolute atomic E-state index is 0.204. The highest BCUT2D eigenvalue weighted by molar-refractivity contribution is 5.69. The third kappa shape index (κ3) is 1.14. The van der Waals surface area contributed by atoms with E-state index in [-0.39, 0.29) is 11.4 Å². The Hall–Kier alpha value is -1.58. The maximum absolute atomic E-state index is 13.1. The Morgan fingerprint density at radius 3 is 3.08 bits per heavy atom. The van der Waals surface area contributed by atoms with Crippen molar-refractivity contribution in [3.8, 4) is 0 Å². The van der Waals surface area contributed by atoms with Gasteiger partial charge in [-0.3, -0.25) is 4.79 Å². The van der Waals surface area contributed by atoms with Crippen molar-refractivity contribution in [2.45, 2.75) is 6.42 Å². The van der Waals surface area contributed by atoms with E-state index in [0.717, 1.165) is 0 Å². The lowest BCUT2D eigenvalue weighted by molar-refractivity contribution is 0.762. The predicted molar refractivity (Wildman–Crippen MR) is 49.4 cm³/mol. The number of aromatic amines is 1. The average Bonchev–Trinajstić information content (AvgIpc) is 2.46. The molecule has 3 nitrogen and oxygen atoms in total. The van der Waals surface area contributed by atoms with E-state index in [1.165, 1.54) is 12.1 Å². The van der Waals surface area contributed by atoms with E-state index in [1.54, 1.807) is 7.05 Å². The van der Waals surface area contributed by atoms with Crippen LogP contribution >= 0.6 is 0 Å². The zero-order valence-electron chi connectivity index (χ0n) is 7.15. The third-order valence-corrected chi connectivity index (χ3v) is 2.13. The molecule has 1 aliphatic rings. The van der Waals surface area contributed by atoms with Crippen LogP contribution in [0, 0.1) is 0 Å². The number of aromatic nitrogens is 1. The summed E-state index contributed by atoms with van der Waals surface area (Å²) >= 11 is 0. The molecule has 68 valence electrons. The molecule has 1 aliphatic carbocycles. The smallest absolute Gasteiger partial charge is 0.271 e. The van der Waals surface area contributed by atoms with Crippen LogP contribution in [0.3, 0.4) is 0 Å². The molecule has 0 aliphatic heterocycles. The average molecular weight is 180 g/mol. The van der Waals surface area contributed by atoms with Gasteiger partial charge in [-0.1, -0.05) is 0 Å². The second-order valence-electron chi connectivity index (χ2n) is 2.91. The van der Waals surface area contributed by atoms with E-state index < -0.39 is 0 Å². The van der Waals surface area contributed by atoms with Gasteiger partial charge in [-0.05, 0) is 12.1 Å². The van der Waals surface area contributed by atoms with Gasteiger partial charge in [0.25, 0.3) is 5.56 Å². The molecule has 2 rings (SSSR count). The zero-order chi connectivity index (χ0) is 9.42. The lowest BCUT2D eigenvalue weighted by Crippen LogP contribution is -2.13. The van der Waals surface area contributed by atoms with Crippen molar-refractivity contribution in [1.82, 2.24) is 4.98 Å². The molecule has 0 radical (unpaired) electrons. The van der Waals surface area contributed by atoms with Gasteiger partial charge in [-0.15, -0.1) is 0 Å². The van der Waals surface area contributed by atoms with Gasteiger partial charge in [-0.2, -0.15) is 0 Å².